The van der Waals surface area contributed by atoms with Crippen molar-refractivity contribution in [3.8, 4) is 0 Å². The van der Waals surface area contributed by atoms with E-state index in [1.807, 2.05) is 37.1 Å². The Labute approximate surface area is 147 Å². The maximum atomic E-state index is 12.6. The van der Waals surface area contributed by atoms with Gasteiger partial charge >= 0.3 is 0 Å². The molecule has 7 heteroatoms. The predicted molar refractivity (Wildman–Crippen MR) is 93.8 cm³/mol. The molecular weight excluding hydrogens is 316 g/mol. The standard InChI is InChI=1S/C18H24N6O/c1-12-19-8-7-16(22-12)20-9-13-3-6-17(25)24(15-4-5-15)18(13)14-10-21-23(2)11-14/h7-8,10-11,13,15,18H,3-6,9H2,1-2H3,(H,19,20,22)/t13-,18+/m1/s1. The largest absolute Gasteiger partial charge is 0.370 e. The lowest BCUT2D eigenvalue weighted by Gasteiger charge is -2.41. The smallest absolute Gasteiger partial charge is 0.223 e. The van der Waals surface area contributed by atoms with E-state index in [0.717, 1.165) is 43.0 Å². The van der Waals surface area contributed by atoms with Crippen molar-refractivity contribution in [1.82, 2.24) is 24.6 Å². The van der Waals surface area contributed by atoms with Gasteiger partial charge in [-0.1, -0.05) is 0 Å². The highest BCUT2D eigenvalue weighted by Crippen LogP contribution is 2.43. The molecule has 1 aliphatic heterocycles. The van der Waals surface area contributed by atoms with Gasteiger partial charge in [0.05, 0.1) is 12.2 Å². The van der Waals surface area contributed by atoms with Gasteiger partial charge in [-0.2, -0.15) is 5.10 Å². The number of aromatic nitrogens is 4. The van der Waals surface area contributed by atoms with Crippen LogP contribution in [0.15, 0.2) is 24.7 Å². The Morgan fingerprint density at radius 1 is 1.32 bits per heavy atom. The van der Waals surface area contributed by atoms with Crippen LogP contribution in [-0.2, 0) is 11.8 Å². The molecular formula is C18H24N6O. The SMILES string of the molecule is Cc1nccc(NC[C@H]2CCC(=O)N(C3CC3)[C@@H]2c2cnn(C)c2)n1. The summed E-state index contributed by atoms with van der Waals surface area (Å²) in [6.07, 6.45) is 9.47. The molecule has 2 atom stereocenters. The van der Waals surface area contributed by atoms with E-state index in [0.29, 0.717) is 18.4 Å². The van der Waals surface area contributed by atoms with Crippen LogP contribution in [0.5, 0.6) is 0 Å². The molecule has 2 aromatic rings. The molecule has 0 aromatic carbocycles. The Kier molecular flexibility index (Phi) is 4.15. The predicted octanol–water partition coefficient (Wildman–Crippen LogP) is 2.07. The molecule has 132 valence electrons. The number of aryl methyl sites for hydroxylation is 2. The van der Waals surface area contributed by atoms with Gasteiger partial charge in [0.1, 0.15) is 11.6 Å². The summed E-state index contributed by atoms with van der Waals surface area (Å²) >= 11 is 0. The first kappa shape index (κ1) is 16.1. The first-order chi connectivity index (χ1) is 12.1. The Bertz CT molecular complexity index is 768. The number of rotatable bonds is 5. The number of hydrogen-bond donors (Lipinski definition) is 1. The van der Waals surface area contributed by atoms with Gasteiger partial charge in [0.25, 0.3) is 0 Å². The third kappa shape index (κ3) is 3.36. The minimum absolute atomic E-state index is 0.0953. The Hall–Kier alpha value is -2.44. The summed E-state index contributed by atoms with van der Waals surface area (Å²) in [6, 6.07) is 2.39. The lowest BCUT2D eigenvalue weighted by atomic mass is 9.85. The number of carbonyl (C=O) groups is 1. The van der Waals surface area contributed by atoms with Gasteiger partial charge in [-0.05, 0) is 32.3 Å². The topological polar surface area (TPSA) is 75.9 Å². The van der Waals surface area contributed by atoms with Gasteiger partial charge < -0.3 is 10.2 Å². The zero-order valence-corrected chi connectivity index (χ0v) is 14.7. The fourth-order valence-electron chi connectivity index (χ4n) is 3.79. The minimum atomic E-state index is 0.0953. The van der Waals surface area contributed by atoms with Crippen molar-refractivity contribution >= 4 is 11.7 Å². The summed E-state index contributed by atoms with van der Waals surface area (Å²) in [5.74, 6) is 2.22. The molecule has 3 heterocycles. The van der Waals surface area contributed by atoms with Gasteiger partial charge in [-0.3, -0.25) is 9.48 Å². The molecule has 1 saturated heterocycles. The van der Waals surface area contributed by atoms with Crippen molar-refractivity contribution in [2.45, 2.75) is 44.7 Å². The molecule has 4 rings (SSSR count). The van der Waals surface area contributed by atoms with E-state index in [1.165, 1.54) is 0 Å². The normalized spacial score (nSPS) is 23.8. The summed E-state index contributed by atoms with van der Waals surface area (Å²) in [6.45, 7) is 2.67. The van der Waals surface area contributed by atoms with Gasteiger partial charge in [0.2, 0.25) is 5.91 Å². The second-order valence-corrected chi connectivity index (χ2v) is 7.09. The van der Waals surface area contributed by atoms with Crippen LogP contribution in [0.2, 0.25) is 0 Å². The van der Waals surface area contributed by atoms with Gasteiger partial charge in [0, 0.05) is 49.9 Å². The van der Waals surface area contributed by atoms with Crippen LogP contribution in [0.3, 0.4) is 0 Å². The molecule has 1 amide bonds. The Morgan fingerprint density at radius 2 is 2.16 bits per heavy atom. The highest BCUT2D eigenvalue weighted by atomic mass is 16.2. The second kappa shape index (κ2) is 6.46. The molecule has 0 spiro atoms. The van der Waals surface area contributed by atoms with Gasteiger partial charge in [0.15, 0.2) is 0 Å². The number of nitrogens with one attached hydrogen (secondary N) is 1. The summed E-state index contributed by atoms with van der Waals surface area (Å²) in [5.41, 5.74) is 1.13. The van der Waals surface area contributed by atoms with Gasteiger partial charge in [-0.15, -0.1) is 0 Å². The van der Waals surface area contributed by atoms with Crippen molar-refractivity contribution in [3.05, 3.63) is 36.0 Å². The minimum Gasteiger partial charge on any atom is -0.370 e. The van der Waals surface area contributed by atoms with Crippen LogP contribution < -0.4 is 5.32 Å². The molecule has 1 N–H and O–H groups in total. The van der Waals surface area contributed by atoms with E-state index in [-0.39, 0.29) is 11.9 Å². The Morgan fingerprint density at radius 3 is 2.84 bits per heavy atom. The van der Waals surface area contributed by atoms with Crippen molar-refractivity contribution in [2.24, 2.45) is 13.0 Å². The van der Waals surface area contributed by atoms with Crippen molar-refractivity contribution in [2.75, 3.05) is 11.9 Å². The van der Waals surface area contributed by atoms with Crippen LogP contribution >= 0.6 is 0 Å². The van der Waals surface area contributed by atoms with Crippen molar-refractivity contribution < 1.29 is 4.79 Å². The fourth-order valence-corrected chi connectivity index (χ4v) is 3.79. The van der Waals surface area contributed by atoms with Crippen molar-refractivity contribution in [1.29, 1.82) is 0 Å². The average molecular weight is 340 g/mol. The van der Waals surface area contributed by atoms with Crippen LogP contribution in [-0.4, -0.2) is 43.1 Å². The lowest BCUT2D eigenvalue weighted by molar-refractivity contribution is -0.139. The van der Waals surface area contributed by atoms with Crippen LogP contribution in [0.4, 0.5) is 5.82 Å². The lowest BCUT2D eigenvalue weighted by Crippen LogP contribution is -2.46. The molecule has 1 aliphatic carbocycles. The first-order valence-corrected chi connectivity index (χ1v) is 8.95. The monoisotopic (exact) mass is 340 g/mol. The molecule has 0 bridgehead atoms. The van der Waals surface area contributed by atoms with Crippen LogP contribution in [0.1, 0.15) is 43.1 Å². The summed E-state index contributed by atoms with van der Waals surface area (Å²) in [5, 5.41) is 7.77. The maximum Gasteiger partial charge on any atom is 0.223 e. The summed E-state index contributed by atoms with van der Waals surface area (Å²) in [4.78, 5) is 23.3. The number of amides is 1. The molecule has 7 nitrogen and oxygen atoms in total. The molecule has 0 radical (unpaired) electrons. The van der Waals surface area contributed by atoms with Crippen molar-refractivity contribution in [3.63, 3.8) is 0 Å². The fraction of sp³-hybridized carbons (Fsp3) is 0.556. The quantitative estimate of drug-likeness (QED) is 0.902. The maximum absolute atomic E-state index is 12.6. The summed E-state index contributed by atoms with van der Waals surface area (Å²) < 4.78 is 1.82. The molecule has 0 unspecified atom stereocenters. The van der Waals surface area contributed by atoms with Crippen LogP contribution in [0, 0.1) is 12.8 Å². The molecule has 25 heavy (non-hydrogen) atoms. The zero-order chi connectivity index (χ0) is 17.4. The highest BCUT2D eigenvalue weighted by molar-refractivity contribution is 5.78. The number of nitrogens with zero attached hydrogens (tertiary/aromatic N) is 5. The zero-order valence-electron chi connectivity index (χ0n) is 14.7. The number of carbonyl (C=O) groups excluding carboxylic acids is 1. The molecule has 2 fully saturated rings. The van der Waals surface area contributed by atoms with E-state index in [9.17, 15) is 4.79 Å². The third-order valence-electron chi connectivity index (χ3n) is 5.09. The van der Waals surface area contributed by atoms with E-state index in [4.69, 9.17) is 0 Å². The molecule has 2 aromatic heterocycles. The van der Waals surface area contributed by atoms with E-state index in [2.05, 4.69) is 25.3 Å². The average Bonchev–Trinajstić information content (AvgIpc) is 3.34. The highest BCUT2D eigenvalue weighted by Gasteiger charge is 2.44. The number of anilines is 1. The first-order valence-electron chi connectivity index (χ1n) is 8.95. The third-order valence-corrected chi connectivity index (χ3v) is 5.09. The number of piperidine rings is 1. The van der Waals surface area contributed by atoms with E-state index in [1.54, 1.807) is 6.20 Å². The number of likely N-dealkylation sites (tertiary alicyclic amines) is 1. The summed E-state index contributed by atoms with van der Waals surface area (Å²) in [7, 11) is 1.92. The number of hydrogen-bond acceptors (Lipinski definition) is 5. The van der Waals surface area contributed by atoms with Gasteiger partial charge in [-0.25, -0.2) is 9.97 Å². The van der Waals surface area contributed by atoms with E-state index >= 15 is 0 Å². The Balaban J connectivity index is 1.56. The second-order valence-electron chi connectivity index (χ2n) is 7.09. The van der Waals surface area contributed by atoms with E-state index < -0.39 is 0 Å². The van der Waals surface area contributed by atoms with Crippen LogP contribution in [0.25, 0.3) is 0 Å². The molecule has 2 aliphatic rings. The molecule has 1 saturated carbocycles.